The van der Waals surface area contributed by atoms with Crippen LogP contribution in [0.3, 0.4) is 0 Å². The summed E-state index contributed by atoms with van der Waals surface area (Å²) in [6.07, 6.45) is -0.0576. The number of aromatic nitrogens is 1. The Bertz CT molecular complexity index is 314. The fourth-order valence-electron chi connectivity index (χ4n) is 0.837. The molecule has 0 fully saturated rings. The molecule has 0 aliphatic rings. The Balaban J connectivity index is 3.00. The molecule has 64 valence electrons. The van der Waals surface area contributed by atoms with Crippen LogP contribution in [0.4, 0.5) is 0 Å². The summed E-state index contributed by atoms with van der Waals surface area (Å²) in [5.74, 6) is -0.529. The Hall–Kier alpha value is -1.23. The second-order valence-electron chi connectivity index (χ2n) is 2.31. The molecule has 1 aromatic heterocycles. The number of amides is 1. The number of nitrogens with two attached hydrogens (primary N) is 1. The van der Waals surface area contributed by atoms with E-state index in [0.717, 1.165) is 0 Å². The first kappa shape index (κ1) is 8.86. The normalized spacial score (nSPS) is 9.75. The maximum atomic E-state index is 11.1. The van der Waals surface area contributed by atoms with Gasteiger partial charge in [-0.3, -0.25) is 4.79 Å². The Morgan fingerprint density at radius 2 is 2.33 bits per heavy atom. The van der Waals surface area contributed by atoms with Crippen LogP contribution in [-0.4, -0.2) is 5.91 Å². The molecule has 0 atom stereocenters. The largest absolute Gasteiger partial charge is 0.618 e. The monoisotopic (exact) mass is 184 g/mol. The van der Waals surface area contributed by atoms with Crippen molar-refractivity contribution in [1.29, 1.82) is 0 Å². The number of thiol groups is 1. The molecule has 0 saturated heterocycles. The summed E-state index contributed by atoms with van der Waals surface area (Å²) in [6, 6.07) is 4.73. The standard InChI is InChI=1S/C7H8N2O2S/c8-6(10)4-5-2-1-3-7(12)9(5)11/h1-3,12H,4H2,(H2,8,10). The van der Waals surface area contributed by atoms with E-state index in [1.807, 2.05) is 0 Å². The minimum Gasteiger partial charge on any atom is -0.618 e. The zero-order valence-corrected chi connectivity index (χ0v) is 7.12. The summed E-state index contributed by atoms with van der Waals surface area (Å²) < 4.78 is 0.577. The van der Waals surface area contributed by atoms with Crippen molar-refractivity contribution in [3.63, 3.8) is 0 Å². The lowest BCUT2D eigenvalue weighted by atomic mass is 10.2. The highest BCUT2D eigenvalue weighted by atomic mass is 32.1. The number of carbonyl (C=O) groups is 1. The smallest absolute Gasteiger partial charge is 0.248 e. The van der Waals surface area contributed by atoms with E-state index in [1.165, 1.54) is 6.07 Å². The summed E-state index contributed by atoms with van der Waals surface area (Å²) in [5.41, 5.74) is 5.24. The lowest BCUT2D eigenvalue weighted by molar-refractivity contribution is -0.652. The van der Waals surface area contributed by atoms with Crippen LogP contribution in [0.1, 0.15) is 5.69 Å². The van der Waals surface area contributed by atoms with Crippen molar-refractivity contribution in [1.82, 2.24) is 0 Å². The van der Waals surface area contributed by atoms with Gasteiger partial charge in [0, 0.05) is 12.1 Å². The molecule has 1 amide bonds. The van der Waals surface area contributed by atoms with Gasteiger partial charge in [-0.2, -0.15) is 4.73 Å². The summed E-state index contributed by atoms with van der Waals surface area (Å²) in [7, 11) is 0. The molecule has 0 spiro atoms. The van der Waals surface area contributed by atoms with Crippen LogP contribution >= 0.6 is 12.6 Å². The highest BCUT2D eigenvalue weighted by Gasteiger charge is 2.09. The third-order valence-electron chi connectivity index (χ3n) is 1.36. The van der Waals surface area contributed by atoms with Crippen molar-refractivity contribution in [2.75, 3.05) is 0 Å². The second-order valence-corrected chi connectivity index (χ2v) is 2.77. The van der Waals surface area contributed by atoms with E-state index in [2.05, 4.69) is 12.6 Å². The summed E-state index contributed by atoms with van der Waals surface area (Å²) in [6.45, 7) is 0. The highest BCUT2D eigenvalue weighted by molar-refractivity contribution is 7.80. The molecule has 0 radical (unpaired) electrons. The molecule has 0 saturated carbocycles. The topological polar surface area (TPSA) is 70.0 Å². The fourth-order valence-corrected chi connectivity index (χ4v) is 1.05. The molecule has 2 N–H and O–H groups in total. The molecule has 0 bridgehead atoms. The van der Waals surface area contributed by atoms with Crippen LogP contribution in [0.25, 0.3) is 0 Å². The van der Waals surface area contributed by atoms with Gasteiger partial charge < -0.3 is 10.9 Å². The first-order valence-electron chi connectivity index (χ1n) is 3.30. The minimum atomic E-state index is -0.529. The van der Waals surface area contributed by atoms with Crippen molar-refractivity contribution in [3.05, 3.63) is 29.1 Å². The van der Waals surface area contributed by atoms with Gasteiger partial charge in [0.15, 0.2) is 0 Å². The molecule has 12 heavy (non-hydrogen) atoms. The number of primary amides is 1. The molecule has 1 rings (SSSR count). The van der Waals surface area contributed by atoms with Gasteiger partial charge in [-0.15, -0.1) is 0 Å². The molecule has 4 nitrogen and oxygen atoms in total. The number of nitrogens with zero attached hydrogens (tertiary/aromatic N) is 1. The third-order valence-corrected chi connectivity index (χ3v) is 1.69. The molecule has 1 aromatic rings. The number of rotatable bonds is 2. The molecule has 5 heteroatoms. The molecular weight excluding hydrogens is 176 g/mol. The molecule has 0 aliphatic carbocycles. The lowest BCUT2D eigenvalue weighted by Crippen LogP contribution is -2.35. The maximum absolute atomic E-state index is 11.1. The lowest BCUT2D eigenvalue weighted by Gasteiger charge is -2.03. The molecule has 0 aliphatic heterocycles. The first-order chi connectivity index (χ1) is 5.61. The van der Waals surface area contributed by atoms with Gasteiger partial charge in [0.05, 0.1) is 0 Å². The van der Waals surface area contributed by atoms with Crippen LogP contribution in [0.15, 0.2) is 23.2 Å². The first-order valence-corrected chi connectivity index (χ1v) is 3.74. The number of carbonyl (C=O) groups excluding carboxylic acids is 1. The predicted molar refractivity (Wildman–Crippen MR) is 45.6 cm³/mol. The summed E-state index contributed by atoms with van der Waals surface area (Å²) in [4.78, 5) is 10.5. The van der Waals surface area contributed by atoms with E-state index in [0.29, 0.717) is 10.4 Å². The van der Waals surface area contributed by atoms with Crippen molar-refractivity contribution in [2.24, 2.45) is 5.73 Å². The van der Waals surface area contributed by atoms with Gasteiger partial charge in [-0.05, 0) is 6.07 Å². The zero-order valence-electron chi connectivity index (χ0n) is 6.23. The molecule has 1 heterocycles. The van der Waals surface area contributed by atoms with Gasteiger partial charge in [-0.1, -0.05) is 12.6 Å². The van der Waals surface area contributed by atoms with E-state index in [-0.39, 0.29) is 11.4 Å². The molecule has 0 unspecified atom stereocenters. The molecular formula is C7H8N2O2S. The van der Waals surface area contributed by atoms with Gasteiger partial charge in [0.1, 0.15) is 6.42 Å². The van der Waals surface area contributed by atoms with Crippen molar-refractivity contribution >= 4 is 18.5 Å². The third kappa shape index (κ3) is 1.88. The summed E-state index contributed by atoms with van der Waals surface area (Å²) in [5, 5.41) is 11.4. The van der Waals surface area contributed by atoms with Crippen LogP contribution < -0.4 is 10.5 Å². The van der Waals surface area contributed by atoms with Gasteiger partial charge in [-0.25, -0.2) is 0 Å². The van der Waals surface area contributed by atoms with E-state index in [4.69, 9.17) is 5.73 Å². The van der Waals surface area contributed by atoms with Crippen LogP contribution in [-0.2, 0) is 11.2 Å². The highest BCUT2D eigenvalue weighted by Crippen LogP contribution is 2.00. The van der Waals surface area contributed by atoms with Crippen molar-refractivity contribution in [3.8, 4) is 0 Å². The van der Waals surface area contributed by atoms with Crippen LogP contribution in [0.5, 0.6) is 0 Å². The number of hydrogen-bond acceptors (Lipinski definition) is 3. The number of pyridine rings is 1. The average molecular weight is 184 g/mol. The Morgan fingerprint density at radius 3 is 2.92 bits per heavy atom. The Labute approximate surface area is 75.0 Å². The van der Waals surface area contributed by atoms with Crippen LogP contribution in [0, 0.1) is 5.21 Å². The van der Waals surface area contributed by atoms with Crippen LogP contribution in [0.2, 0.25) is 0 Å². The van der Waals surface area contributed by atoms with Crippen molar-refractivity contribution < 1.29 is 9.52 Å². The molecule has 0 aromatic carbocycles. The quantitative estimate of drug-likeness (QED) is 0.374. The summed E-state index contributed by atoms with van der Waals surface area (Å²) >= 11 is 3.89. The van der Waals surface area contributed by atoms with Crippen molar-refractivity contribution in [2.45, 2.75) is 11.4 Å². The van der Waals surface area contributed by atoms with E-state index >= 15 is 0 Å². The van der Waals surface area contributed by atoms with Gasteiger partial charge in [0.2, 0.25) is 16.6 Å². The SMILES string of the molecule is NC(=O)Cc1cccc(S)[n+]1[O-]. The number of hydrogen-bond donors (Lipinski definition) is 2. The predicted octanol–water partition coefficient (Wildman–Crippen LogP) is -0.364. The van der Waals surface area contributed by atoms with E-state index < -0.39 is 5.91 Å². The van der Waals surface area contributed by atoms with E-state index in [9.17, 15) is 10.0 Å². The zero-order chi connectivity index (χ0) is 9.14. The average Bonchev–Trinajstić information content (AvgIpc) is 1.98. The Kier molecular flexibility index (Phi) is 2.54. The minimum absolute atomic E-state index is 0.0576. The Morgan fingerprint density at radius 1 is 1.67 bits per heavy atom. The fraction of sp³-hybridized carbons (Fsp3) is 0.143. The van der Waals surface area contributed by atoms with E-state index in [1.54, 1.807) is 12.1 Å². The van der Waals surface area contributed by atoms with Gasteiger partial charge >= 0.3 is 0 Å². The second kappa shape index (κ2) is 3.44. The van der Waals surface area contributed by atoms with Gasteiger partial charge in [0.25, 0.3) is 0 Å². The maximum Gasteiger partial charge on any atom is 0.248 e.